The maximum absolute atomic E-state index is 14.3. The molecule has 33 heavy (non-hydrogen) atoms. The average molecular weight is 448 g/mol. The smallest absolute Gasteiger partial charge is 0.307 e. The van der Waals surface area contributed by atoms with Gasteiger partial charge in [0, 0.05) is 29.4 Å². The van der Waals surface area contributed by atoms with Gasteiger partial charge in [-0.1, -0.05) is 42.5 Å². The number of nitrogens with zero attached hydrogens (tertiary/aromatic N) is 4. The molecule has 3 heterocycles. The molecule has 1 aliphatic carbocycles. The lowest BCUT2D eigenvalue weighted by Crippen LogP contribution is -2.35. The van der Waals surface area contributed by atoms with Gasteiger partial charge in [-0.25, -0.2) is 9.50 Å². The Labute approximate surface area is 187 Å². The average Bonchev–Trinajstić information content (AvgIpc) is 3.24. The number of fused-ring (bicyclic) bond motifs is 5. The van der Waals surface area contributed by atoms with Crippen LogP contribution in [-0.2, 0) is 25.4 Å². The summed E-state index contributed by atoms with van der Waals surface area (Å²) in [4.78, 5) is 19.5. The van der Waals surface area contributed by atoms with E-state index in [0.29, 0.717) is 24.2 Å². The van der Waals surface area contributed by atoms with Crippen LogP contribution in [0.5, 0.6) is 0 Å². The number of halogens is 3. The number of para-hydroxylation sites is 1. The quantitative estimate of drug-likeness (QED) is 0.407. The lowest BCUT2D eigenvalue weighted by molar-refractivity contribution is -0.143. The summed E-state index contributed by atoms with van der Waals surface area (Å²) in [7, 11) is 0. The molecular formula is C25H19F3N4O. The topological polar surface area (TPSA) is 50.5 Å². The Hall–Kier alpha value is -3.68. The van der Waals surface area contributed by atoms with Crippen molar-refractivity contribution in [3.05, 3.63) is 82.7 Å². The zero-order valence-electron chi connectivity index (χ0n) is 17.6. The van der Waals surface area contributed by atoms with Crippen LogP contribution in [0.4, 0.5) is 18.9 Å². The third kappa shape index (κ3) is 3.12. The molecule has 2 aliphatic rings. The molecule has 0 radical (unpaired) electrons. The minimum atomic E-state index is -4.64. The molecule has 1 aliphatic heterocycles. The first-order valence-corrected chi connectivity index (χ1v) is 10.9. The molecule has 0 bridgehead atoms. The molecule has 0 saturated heterocycles. The number of amides is 1. The first kappa shape index (κ1) is 20.0. The summed E-state index contributed by atoms with van der Waals surface area (Å²) in [6.07, 6.45) is -2.28. The second kappa shape index (κ2) is 7.16. The fourth-order valence-electron chi connectivity index (χ4n) is 5.00. The summed E-state index contributed by atoms with van der Waals surface area (Å²) in [6, 6.07) is 16.3. The number of aryl methyl sites for hydroxylation is 2. The van der Waals surface area contributed by atoms with Crippen molar-refractivity contribution in [3.8, 4) is 11.3 Å². The summed E-state index contributed by atoms with van der Waals surface area (Å²) in [5.74, 6) is -0.417. The Kier molecular flexibility index (Phi) is 4.33. The normalized spacial score (nSPS) is 15.2. The van der Waals surface area contributed by atoms with Gasteiger partial charge < -0.3 is 4.90 Å². The minimum absolute atomic E-state index is 0.0198. The van der Waals surface area contributed by atoms with Crippen molar-refractivity contribution in [2.45, 2.75) is 31.9 Å². The molecule has 166 valence electrons. The molecule has 0 atom stereocenters. The van der Waals surface area contributed by atoms with E-state index in [1.54, 1.807) is 17.0 Å². The van der Waals surface area contributed by atoms with Crippen molar-refractivity contribution in [3.63, 3.8) is 0 Å². The van der Waals surface area contributed by atoms with Gasteiger partial charge in [0.25, 0.3) is 5.91 Å². The number of aromatic nitrogens is 3. The van der Waals surface area contributed by atoms with Crippen molar-refractivity contribution in [2.75, 3.05) is 11.4 Å². The maximum atomic E-state index is 14.3. The van der Waals surface area contributed by atoms with E-state index in [1.165, 1.54) is 6.07 Å². The molecule has 0 spiro atoms. The first-order valence-electron chi connectivity index (χ1n) is 10.9. The largest absolute Gasteiger partial charge is 0.433 e. The minimum Gasteiger partial charge on any atom is -0.307 e. The number of hydrogen-bond donors (Lipinski definition) is 0. The predicted octanol–water partition coefficient (Wildman–Crippen LogP) is 5.11. The molecule has 2 aromatic heterocycles. The lowest BCUT2D eigenvalue weighted by Gasteiger charge is -2.28. The molecule has 4 aromatic rings. The van der Waals surface area contributed by atoms with Gasteiger partial charge in [-0.3, -0.25) is 4.79 Å². The van der Waals surface area contributed by atoms with Crippen LogP contribution in [0, 0.1) is 0 Å². The van der Waals surface area contributed by atoms with Crippen LogP contribution < -0.4 is 4.90 Å². The second-order valence-corrected chi connectivity index (χ2v) is 8.43. The lowest BCUT2D eigenvalue weighted by atomic mass is 9.88. The number of benzene rings is 2. The van der Waals surface area contributed by atoms with Crippen molar-refractivity contribution >= 4 is 17.2 Å². The molecule has 0 N–H and O–H groups in total. The van der Waals surface area contributed by atoms with E-state index in [2.05, 4.69) is 10.1 Å². The highest BCUT2D eigenvalue weighted by atomic mass is 19.4. The Balaban J connectivity index is 1.53. The highest BCUT2D eigenvalue weighted by Crippen LogP contribution is 2.40. The summed E-state index contributed by atoms with van der Waals surface area (Å²) in [6.45, 7) is 0.493. The van der Waals surface area contributed by atoms with Crippen molar-refractivity contribution in [2.24, 2.45) is 0 Å². The summed E-state index contributed by atoms with van der Waals surface area (Å²) >= 11 is 0. The zero-order valence-corrected chi connectivity index (χ0v) is 17.6. The second-order valence-electron chi connectivity index (χ2n) is 8.43. The van der Waals surface area contributed by atoms with Gasteiger partial charge >= 0.3 is 6.18 Å². The molecule has 0 fully saturated rings. The van der Waals surface area contributed by atoms with Crippen LogP contribution in [-0.4, -0.2) is 27.0 Å². The summed E-state index contributed by atoms with van der Waals surface area (Å²) < 4.78 is 43.6. The van der Waals surface area contributed by atoms with E-state index >= 15 is 0 Å². The van der Waals surface area contributed by atoms with Gasteiger partial charge in [0.05, 0.1) is 5.69 Å². The summed E-state index contributed by atoms with van der Waals surface area (Å²) in [5.41, 5.74) is 3.06. The molecule has 0 unspecified atom stereocenters. The highest BCUT2D eigenvalue weighted by Gasteiger charge is 2.40. The number of rotatable bonds is 1. The standard InChI is InChI=1S/C25H19F3N4O/c26-25(27,28)23-18-12-11-15-6-1-3-9-17(15)22(18)29-21-14-19(30-32(21)23)24(33)31-13-5-8-16-7-2-4-10-20(16)31/h1-4,6-7,9-10,14H,5,8,11-13H2. The highest BCUT2D eigenvalue weighted by molar-refractivity contribution is 6.06. The Morgan fingerprint density at radius 2 is 1.70 bits per heavy atom. The van der Waals surface area contributed by atoms with E-state index in [9.17, 15) is 18.0 Å². The Bertz CT molecular complexity index is 1420. The van der Waals surface area contributed by atoms with Gasteiger partial charge in [-0.15, -0.1) is 0 Å². The van der Waals surface area contributed by atoms with Crippen LogP contribution in [0.15, 0.2) is 54.6 Å². The monoisotopic (exact) mass is 448 g/mol. The Morgan fingerprint density at radius 1 is 0.939 bits per heavy atom. The number of anilines is 1. The zero-order chi connectivity index (χ0) is 22.7. The van der Waals surface area contributed by atoms with Crippen molar-refractivity contribution in [1.29, 1.82) is 0 Å². The predicted molar refractivity (Wildman–Crippen MR) is 117 cm³/mol. The molecular weight excluding hydrogens is 429 g/mol. The van der Waals surface area contributed by atoms with Crippen LogP contribution in [0.3, 0.4) is 0 Å². The Morgan fingerprint density at radius 3 is 2.52 bits per heavy atom. The third-order valence-electron chi connectivity index (χ3n) is 6.46. The van der Waals surface area contributed by atoms with E-state index in [0.717, 1.165) is 34.2 Å². The van der Waals surface area contributed by atoms with Gasteiger partial charge in [0.1, 0.15) is 0 Å². The number of carbonyl (C=O) groups is 1. The third-order valence-corrected chi connectivity index (χ3v) is 6.46. The number of alkyl halides is 3. The van der Waals surface area contributed by atoms with E-state index in [-0.39, 0.29) is 23.3 Å². The number of carbonyl (C=O) groups excluding carboxylic acids is 1. The van der Waals surface area contributed by atoms with Crippen LogP contribution in [0.25, 0.3) is 16.9 Å². The molecule has 2 aromatic carbocycles. The number of hydrogen-bond acceptors (Lipinski definition) is 3. The molecule has 8 heteroatoms. The van der Waals surface area contributed by atoms with Gasteiger partial charge in [0.2, 0.25) is 0 Å². The first-order chi connectivity index (χ1) is 15.9. The van der Waals surface area contributed by atoms with Crippen LogP contribution in [0.1, 0.15) is 39.3 Å². The fourth-order valence-corrected chi connectivity index (χ4v) is 5.00. The van der Waals surface area contributed by atoms with Gasteiger partial charge in [0.15, 0.2) is 17.0 Å². The van der Waals surface area contributed by atoms with E-state index in [1.807, 2.05) is 36.4 Å². The van der Waals surface area contributed by atoms with Crippen LogP contribution in [0.2, 0.25) is 0 Å². The summed E-state index contributed by atoms with van der Waals surface area (Å²) in [5, 5.41) is 4.13. The molecule has 5 nitrogen and oxygen atoms in total. The van der Waals surface area contributed by atoms with Crippen molar-refractivity contribution in [1.82, 2.24) is 14.6 Å². The SMILES string of the molecule is O=C(c1cc2nc3c(c(C(F)(F)F)n2n1)CCc1ccccc1-3)N1CCCc2ccccc21. The van der Waals surface area contributed by atoms with Crippen LogP contribution >= 0.6 is 0 Å². The molecule has 1 amide bonds. The molecule has 6 rings (SSSR count). The van der Waals surface area contributed by atoms with Gasteiger partial charge in [-0.05, 0) is 42.9 Å². The maximum Gasteiger partial charge on any atom is 0.433 e. The molecule has 0 saturated carbocycles. The van der Waals surface area contributed by atoms with Crippen molar-refractivity contribution < 1.29 is 18.0 Å². The van der Waals surface area contributed by atoms with E-state index < -0.39 is 17.8 Å². The van der Waals surface area contributed by atoms with E-state index in [4.69, 9.17) is 0 Å². The fraction of sp³-hybridized carbons (Fsp3) is 0.240. The van der Waals surface area contributed by atoms with Gasteiger partial charge in [-0.2, -0.15) is 18.3 Å².